The number of hydrogen-bond acceptors (Lipinski definition) is 2. The molecule has 0 aliphatic rings. The Morgan fingerprint density at radius 3 is 2.23 bits per heavy atom. The average Bonchev–Trinajstić information content (AvgIpc) is 2.54. The van der Waals surface area contributed by atoms with Crippen molar-refractivity contribution in [1.29, 1.82) is 0 Å². The predicted octanol–water partition coefficient (Wildman–Crippen LogP) is 1.66. The molecule has 3 amide bonds. The molecule has 0 unspecified atom stereocenters. The molecule has 0 aromatic heterocycles. The van der Waals surface area contributed by atoms with E-state index in [1.54, 1.807) is 12.1 Å². The zero-order valence-electron chi connectivity index (χ0n) is 12.5. The molecule has 0 spiro atoms. The highest BCUT2D eigenvalue weighted by Crippen LogP contribution is 2.06. The number of rotatable bonds is 5. The second-order valence-electron chi connectivity index (χ2n) is 5.01. The van der Waals surface area contributed by atoms with Crippen molar-refractivity contribution < 1.29 is 14.9 Å². The Hall–Kier alpha value is -2.66. The smallest absolute Gasteiger partial charge is 0.326 e. The van der Waals surface area contributed by atoms with Crippen LogP contribution in [-0.2, 0) is 4.79 Å². The summed E-state index contributed by atoms with van der Waals surface area (Å²) >= 11 is 0. The maximum Gasteiger partial charge on any atom is 0.326 e. The number of nitrogens with one attached hydrogen (secondary N) is 2. The monoisotopic (exact) mass is 298 g/mol. The minimum absolute atomic E-state index is 0.157. The Morgan fingerprint density at radius 1 is 1.00 bits per heavy atom. The second-order valence-corrected chi connectivity index (χ2v) is 5.01. The first kappa shape index (κ1) is 15.7. The van der Waals surface area contributed by atoms with Crippen LogP contribution >= 0.6 is 0 Å². The van der Waals surface area contributed by atoms with E-state index in [0.717, 1.165) is 5.56 Å². The molecule has 22 heavy (non-hydrogen) atoms. The molecule has 4 N–H and O–H groups in total. The Labute approximate surface area is 129 Å². The van der Waals surface area contributed by atoms with Crippen molar-refractivity contribution in [3.63, 3.8) is 0 Å². The summed E-state index contributed by atoms with van der Waals surface area (Å²) in [5.41, 5.74) is 1.79. The summed E-state index contributed by atoms with van der Waals surface area (Å²) in [6.07, 6.45) is 0. The van der Waals surface area contributed by atoms with Crippen LogP contribution in [0.15, 0.2) is 60.7 Å². The molecule has 0 fully saturated rings. The number of quaternary nitrogens is 1. The lowest BCUT2D eigenvalue weighted by molar-refractivity contribution is -0.682. The third-order valence-electron chi connectivity index (χ3n) is 3.27. The molecule has 0 radical (unpaired) electrons. The first-order chi connectivity index (χ1) is 10.6. The van der Waals surface area contributed by atoms with Crippen LogP contribution in [0.1, 0.15) is 18.5 Å². The molecule has 2 rings (SSSR count). The highest BCUT2D eigenvalue weighted by atomic mass is 16.2. The van der Waals surface area contributed by atoms with Crippen LogP contribution in [0.25, 0.3) is 0 Å². The number of anilines is 1. The first-order valence-corrected chi connectivity index (χ1v) is 7.19. The maximum atomic E-state index is 11.8. The van der Waals surface area contributed by atoms with Crippen LogP contribution in [0.4, 0.5) is 10.5 Å². The molecule has 2 aromatic rings. The van der Waals surface area contributed by atoms with Gasteiger partial charge in [0.1, 0.15) is 6.04 Å². The van der Waals surface area contributed by atoms with E-state index in [-0.39, 0.29) is 18.5 Å². The van der Waals surface area contributed by atoms with Gasteiger partial charge in [-0.25, -0.2) is 4.79 Å². The number of carbonyl (C=O) groups excluding carboxylic acids is 2. The van der Waals surface area contributed by atoms with Gasteiger partial charge >= 0.3 is 6.03 Å². The van der Waals surface area contributed by atoms with Gasteiger partial charge in [-0.1, -0.05) is 48.5 Å². The van der Waals surface area contributed by atoms with E-state index in [9.17, 15) is 9.59 Å². The van der Waals surface area contributed by atoms with Gasteiger partial charge in [-0.15, -0.1) is 0 Å². The van der Waals surface area contributed by atoms with Crippen molar-refractivity contribution in [2.75, 3.05) is 11.9 Å². The lowest BCUT2D eigenvalue weighted by Crippen LogP contribution is -2.87. The van der Waals surface area contributed by atoms with Crippen LogP contribution in [0.3, 0.4) is 0 Å². The van der Waals surface area contributed by atoms with Crippen LogP contribution < -0.4 is 16.0 Å². The Balaban J connectivity index is 1.75. The predicted molar refractivity (Wildman–Crippen MR) is 85.3 cm³/mol. The molecular weight excluding hydrogens is 278 g/mol. The highest BCUT2D eigenvalue weighted by Gasteiger charge is 2.13. The minimum atomic E-state index is -0.517. The van der Waals surface area contributed by atoms with Gasteiger partial charge in [-0.3, -0.25) is 10.1 Å². The van der Waals surface area contributed by atoms with Gasteiger partial charge in [0.25, 0.3) is 5.91 Å². The summed E-state index contributed by atoms with van der Waals surface area (Å²) < 4.78 is 0. The molecule has 5 heteroatoms. The largest absolute Gasteiger partial charge is 0.333 e. The SMILES string of the molecule is C[C@H]([NH2+]CC(=O)NC(=O)Nc1ccccc1)c1ccccc1. The Kier molecular flexibility index (Phi) is 5.68. The molecule has 0 aliphatic carbocycles. The van der Waals surface area contributed by atoms with Gasteiger partial charge in [0.05, 0.1) is 0 Å². The fourth-order valence-electron chi connectivity index (χ4n) is 2.04. The normalized spacial score (nSPS) is 11.5. The summed E-state index contributed by atoms with van der Waals surface area (Å²) in [6.45, 7) is 2.21. The summed E-state index contributed by atoms with van der Waals surface area (Å²) in [6, 6.07) is 18.6. The lowest BCUT2D eigenvalue weighted by Gasteiger charge is -2.11. The maximum absolute atomic E-state index is 11.8. The topological polar surface area (TPSA) is 74.8 Å². The van der Waals surface area contributed by atoms with Crippen molar-refractivity contribution >= 4 is 17.6 Å². The van der Waals surface area contributed by atoms with E-state index in [2.05, 4.69) is 10.6 Å². The zero-order chi connectivity index (χ0) is 15.8. The number of nitrogens with two attached hydrogens (primary N) is 1. The number of hydrogen-bond donors (Lipinski definition) is 3. The third kappa shape index (κ3) is 5.03. The molecule has 0 saturated carbocycles. The van der Waals surface area contributed by atoms with Crippen LogP contribution in [0.2, 0.25) is 0 Å². The van der Waals surface area contributed by atoms with E-state index in [4.69, 9.17) is 0 Å². The zero-order valence-corrected chi connectivity index (χ0v) is 12.5. The average molecular weight is 298 g/mol. The molecule has 0 heterocycles. The van der Waals surface area contributed by atoms with Crippen LogP contribution in [0, 0.1) is 0 Å². The fourth-order valence-corrected chi connectivity index (χ4v) is 2.04. The van der Waals surface area contributed by atoms with E-state index < -0.39 is 6.03 Å². The van der Waals surface area contributed by atoms with Crippen LogP contribution in [-0.4, -0.2) is 18.5 Å². The van der Waals surface area contributed by atoms with Crippen LogP contribution in [0.5, 0.6) is 0 Å². The van der Waals surface area contributed by atoms with Crippen molar-refractivity contribution in [1.82, 2.24) is 5.32 Å². The minimum Gasteiger partial charge on any atom is -0.333 e. The van der Waals surface area contributed by atoms with E-state index in [1.807, 2.05) is 60.8 Å². The molecule has 114 valence electrons. The lowest BCUT2D eigenvalue weighted by atomic mass is 10.1. The molecule has 1 atom stereocenters. The number of benzene rings is 2. The van der Waals surface area contributed by atoms with E-state index in [0.29, 0.717) is 5.69 Å². The molecule has 0 saturated heterocycles. The second kappa shape index (κ2) is 7.95. The number of carbonyl (C=O) groups is 2. The number of para-hydroxylation sites is 1. The molecule has 2 aromatic carbocycles. The molecular formula is C17H20N3O2+. The first-order valence-electron chi connectivity index (χ1n) is 7.19. The van der Waals surface area contributed by atoms with Gasteiger partial charge in [0.15, 0.2) is 6.54 Å². The summed E-state index contributed by atoms with van der Waals surface area (Å²) in [5.74, 6) is -0.323. The quantitative estimate of drug-likeness (QED) is 0.785. The van der Waals surface area contributed by atoms with Gasteiger partial charge in [-0.05, 0) is 19.1 Å². The number of urea groups is 1. The molecule has 5 nitrogen and oxygen atoms in total. The van der Waals surface area contributed by atoms with E-state index in [1.165, 1.54) is 0 Å². The Bertz CT molecular complexity index is 614. The fraction of sp³-hybridized carbons (Fsp3) is 0.176. The van der Waals surface area contributed by atoms with Gasteiger partial charge < -0.3 is 10.6 Å². The number of imide groups is 1. The standard InChI is InChI=1S/C17H19N3O2/c1-13(14-8-4-2-5-9-14)18-12-16(21)20-17(22)19-15-10-6-3-7-11-15/h2-11,13,18H,12H2,1H3,(H2,19,20,21,22)/p+1/t13-/m0/s1. The van der Waals surface area contributed by atoms with Crippen molar-refractivity contribution in [3.05, 3.63) is 66.2 Å². The molecule has 0 aliphatic heterocycles. The summed E-state index contributed by atoms with van der Waals surface area (Å²) in [7, 11) is 0. The van der Waals surface area contributed by atoms with Crippen molar-refractivity contribution in [2.24, 2.45) is 0 Å². The van der Waals surface area contributed by atoms with Crippen molar-refractivity contribution in [2.45, 2.75) is 13.0 Å². The van der Waals surface area contributed by atoms with Gasteiger partial charge in [0.2, 0.25) is 0 Å². The Morgan fingerprint density at radius 2 is 1.59 bits per heavy atom. The number of amides is 3. The summed E-state index contributed by atoms with van der Waals surface area (Å²) in [5, 5.41) is 6.81. The summed E-state index contributed by atoms with van der Waals surface area (Å²) in [4.78, 5) is 23.5. The van der Waals surface area contributed by atoms with Gasteiger partial charge in [-0.2, -0.15) is 0 Å². The van der Waals surface area contributed by atoms with E-state index >= 15 is 0 Å². The van der Waals surface area contributed by atoms with Crippen molar-refractivity contribution in [3.8, 4) is 0 Å². The highest BCUT2D eigenvalue weighted by molar-refractivity contribution is 6.01. The van der Waals surface area contributed by atoms with Gasteiger partial charge in [0, 0.05) is 11.3 Å². The molecule has 0 bridgehead atoms. The third-order valence-corrected chi connectivity index (χ3v) is 3.27.